The number of nitrogens with zero attached hydrogens (tertiary/aromatic N) is 3. The van der Waals surface area contributed by atoms with Crippen LogP contribution >= 0.6 is 0 Å². The molecule has 1 atom stereocenters. The molecule has 1 aromatic carbocycles. The molecule has 1 aliphatic carbocycles. The van der Waals surface area contributed by atoms with E-state index in [2.05, 4.69) is 10.3 Å². The van der Waals surface area contributed by atoms with Gasteiger partial charge in [-0.3, -0.25) is 4.98 Å². The van der Waals surface area contributed by atoms with Crippen LogP contribution in [0.15, 0.2) is 48.8 Å². The third-order valence-electron chi connectivity index (χ3n) is 4.34. The van der Waals surface area contributed by atoms with Gasteiger partial charge in [0.05, 0.1) is 0 Å². The fourth-order valence-electron chi connectivity index (χ4n) is 3.04. The molecule has 2 aromatic heterocycles. The van der Waals surface area contributed by atoms with Gasteiger partial charge in [-0.25, -0.2) is 14.4 Å². The van der Waals surface area contributed by atoms with Crippen molar-refractivity contribution in [1.82, 2.24) is 15.0 Å². The quantitative estimate of drug-likeness (QED) is 0.768. The van der Waals surface area contributed by atoms with Crippen LogP contribution in [0.1, 0.15) is 17.7 Å². The Morgan fingerprint density at radius 1 is 1.12 bits per heavy atom. The van der Waals surface area contributed by atoms with Gasteiger partial charge in [-0.2, -0.15) is 0 Å². The lowest BCUT2D eigenvalue weighted by Gasteiger charge is -2.24. The van der Waals surface area contributed by atoms with Crippen molar-refractivity contribution in [2.45, 2.75) is 25.3 Å². The second-order valence-corrected chi connectivity index (χ2v) is 6.20. The van der Waals surface area contributed by atoms with Gasteiger partial charge in [-0.15, -0.1) is 0 Å². The first-order chi connectivity index (χ1) is 12.2. The molecule has 0 bridgehead atoms. The van der Waals surface area contributed by atoms with Gasteiger partial charge in [0.2, 0.25) is 0 Å². The van der Waals surface area contributed by atoms with Gasteiger partial charge in [-0.1, -0.05) is 0 Å². The normalized spacial score (nSPS) is 16.3. The van der Waals surface area contributed by atoms with Crippen LogP contribution in [0.25, 0.3) is 11.4 Å². The van der Waals surface area contributed by atoms with E-state index in [4.69, 9.17) is 15.7 Å². The maximum atomic E-state index is 13.2. The zero-order valence-corrected chi connectivity index (χ0v) is 13.6. The van der Waals surface area contributed by atoms with Crippen molar-refractivity contribution in [2.75, 3.05) is 5.32 Å². The number of aryl methyl sites for hydroxylation is 1. The molecule has 0 amide bonds. The first-order valence-corrected chi connectivity index (χ1v) is 8.27. The molecule has 1 aliphatic rings. The first kappa shape index (κ1) is 15.7. The van der Waals surface area contributed by atoms with Gasteiger partial charge in [-0.05, 0) is 55.7 Å². The molecule has 5 nitrogen and oxygen atoms in total. The van der Waals surface area contributed by atoms with Crippen LogP contribution in [0.2, 0.25) is 0 Å². The third kappa shape index (κ3) is 3.34. The van der Waals surface area contributed by atoms with Gasteiger partial charge >= 0.3 is 0 Å². The predicted molar refractivity (Wildman–Crippen MR) is 94.9 cm³/mol. The van der Waals surface area contributed by atoms with Crippen LogP contribution < -0.4 is 11.1 Å². The second kappa shape index (κ2) is 6.57. The van der Waals surface area contributed by atoms with E-state index in [1.165, 1.54) is 12.1 Å². The molecule has 0 unspecified atom stereocenters. The summed E-state index contributed by atoms with van der Waals surface area (Å²) in [5.74, 6) is 1.09. The highest BCUT2D eigenvalue weighted by atomic mass is 19.1. The zero-order valence-electron chi connectivity index (χ0n) is 13.6. The Morgan fingerprint density at radius 2 is 1.96 bits per heavy atom. The standard InChI is InChI=1S/C19H18FN5/c20-13-3-6-15(7-4-13)23-19-16-10-14(21)5-8-17(16)24-18(25-19)12-2-1-9-22-11-12/h1-4,6-7,9,11,14H,5,8,10,21H2,(H,23,24,25)/t14-/m0/s1. The summed E-state index contributed by atoms with van der Waals surface area (Å²) < 4.78 is 13.2. The summed E-state index contributed by atoms with van der Waals surface area (Å²) in [5.41, 5.74) is 9.83. The second-order valence-electron chi connectivity index (χ2n) is 6.20. The summed E-state index contributed by atoms with van der Waals surface area (Å²) in [4.78, 5) is 13.6. The van der Waals surface area contributed by atoms with Gasteiger partial charge in [0, 0.05) is 40.9 Å². The number of pyridine rings is 1. The Morgan fingerprint density at radius 3 is 2.72 bits per heavy atom. The van der Waals surface area contributed by atoms with Crippen LogP contribution in [0.5, 0.6) is 0 Å². The number of aromatic nitrogens is 3. The number of nitrogens with one attached hydrogen (secondary N) is 1. The Bertz CT molecular complexity index is 880. The molecule has 126 valence electrons. The van der Waals surface area contributed by atoms with E-state index >= 15 is 0 Å². The lowest BCUT2D eigenvalue weighted by molar-refractivity contribution is 0.566. The number of nitrogens with two attached hydrogens (primary N) is 1. The molecule has 0 radical (unpaired) electrons. The predicted octanol–water partition coefficient (Wildman–Crippen LogP) is 3.24. The average molecular weight is 335 g/mol. The largest absolute Gasteiger partial charge is 0.340 e. The number of hydrogen-bond donors (Lipinski definition) is 2. The summed E-state index contributed by atoms with van der Waals surface area (Å²) >= 11 is 0. The molecule has 3 aromatic rings. The Hall–Kier alpha value is -2.86. The summed E-state index contributed by atoms with van der Waals surface area (Å²) in [6.45, 7) is 0. The number of halogens is 1. The molecule has 4 rings (SSSR count). The molecule has 25 heavy (non-hydrogen) atoms. The number of anilines is 2. The van der Waals surface area contributed by atoms with Crippen LogP contribution in [-0.2, 0) is 12.8 Å². The summed E-state index contributed by atoms with van der Waals surface area (Å²) in [5, 5.41) is 3.30. The SMILES string of the molecule is N[C@H]1CCc2nc(-c3cccnc3)nc(Nc3ccc(F)cc3)c2C1. The van der Waals surface area contributed by atoms with Crippen molar-refractivity contribution >= 4 is 11.5 Å². The first-order valence-electron chi connectivity index (χ1n) is 8.27. The fourth-order valence-corrected chi connectivity index (χ4v) is 3.04. The van der Waals surface area contributed by atoms with E-state index in [0.29, 0.717) is 5.82 Å². The molecular weight excluding hydrogens is 317 g/mol. The van der Waals surface area contributed by atoms with Crippen LogP contribution in [-0.4, -0.2) is 21.0 Å². The Balaban J connectivity index is 1.78. The zero-order chi connectivity index (χ0) is 17.2. The minimum Gasteiger partial charge on any atom is -0.340 e. The van der Waals surface area contributed by atoms with E-state index in [-0.39, 0.29) is 11.9 Å². The van der Waals surface area contributed by atoms with Gasteiger partial charge in [0.1, 0.15) is 11.6 Å². The van der Waals surface area contributed by atoms with E-state index < -0.39 is 0 Å². The Labute approximate surface area is 145 Å². The van der Waals surface area contributed by atoms with E-state index in [1.54, 1.807) is 24.5 Å². The molecule has 0 aliphatic heterocycles. The third-order valence-corrected chi connectivity index (χ3v) is 4.34. The highest BCUT2D eigenvalue weighted by molar-refractivity contribution is 5.65. The number of rotatable bonds is 3. The maximum Gasteiger partial charge on any atom is 0.163 e. The van der Waals surface area contributed by atoms with Crippen molar-refractivity contribution in [1.29, 1.82) is 0 Å². The lowest BCUT2D eigenvalue weighted by atomic mass is 9.92. The fraction of sp³-hybridized carbons (Fsp3) is 0.211. The van der Waals surface area contributed by atoms with Crippen molar-refractivity contribution in [2.24, 2.45) is 5.73 Å². The Kier molecular flexibility index (Phi) is 4.11. The van der Waals surface area contributed by atoms with Crippen molar-refractivity contribution < 1.29 is 4.39 Å². The molecule has 3 N–H and O–H groups in total. The topological polar surface area (TPSA) is 76.7 Å². The average Bonchev–Trinajstić information content (AvgIpc) is 2.64. The number of hydrogen-bond acceptors (Lipinski definition) is 5. The summed E-state index contributed by atoms with van der Waals surface area (Å²) in [6, 6.07) is 10.1. The van der Waals surface area contributed by atoms with Gasteiger partial charge < -0.3 is 11.1 Å². The smallest absolute Gasteiger partial charge is 0.163 e. The molecule has 0 spiro atoms. The highest BCUT2D eigenvalue weighted by Gasteiger charge is 2.22. The molecule has 2 heterocycles. The van der Waals surface area contributed by atoms with E-state index in [9.17, 15) is 4.39 Å². The molecule has 0 fully saturated rings. The van der Waals surface area contributed by atoms with E-state index in [1.807, 2.05) is 12.1 Å². The van der Waals surface area contributed by atoms with Gasteiger partial charge in [0.15, 0.2) is 5.82 Å². The molecule has 0 saturated carbocycles. The summed E-state index contributed by atoms with van der Waals surface area (Å²) in [7, 11) is 0. The molecule has 0 saturated heterocycles. The van der Waals surface area contributed by atoms with Crippen molar-refractivity contribution in [3.05, 3.63) is 65.9 Å². The van der Waals surface area contributed by atoms with E-state index in [0.717, 1.165) is 47.6 Å². The van der Waals surface area contributed by atoms with Crippen molar-refractivity contribution in [3.8, 4) is 11.4 Å². The number of fused-ring (bicyclic) bond motifs is 1. The van der Waals surface area contributed by atoms with Crippen LogP contribution in [0.4, 0.5) is 15.9 Å². The molecule has 6 heteroatoms. The van der Waals surface area contributed by atoms with Crippen LogP contribution in [0.3, 0.4) is 0 Å². The maximum absolute atomic E-state index is 13.2. The lowest BCUT2D eigenvalue weighted by Crippen LogP contribution is -2.29. The minimum absolute atomic E-state index is 0.106. The number of benzene rings is 1. The van der Waals surface area contributed by atoms with Crippen LogP contribution in [0, 0.1) is 5.82 Å². The molecular formula is C19H18FN5. The highest BCUT2D eigenvalue weighted by Crippen LogP contribution is 2.30. The van der Waals surface area contributed by atoms with Crippen molar-refractivity contribution in [3.63, 3.8) is 0 Å². The minimum atomic E-state index is -0.270. The van der Waals surface area contributed by atoms with Gasteiger partial charge in [0.25, 0.3) is 0 Å². The monoisotopic (exact) mass is 335 g/mol. The summed E-state index contributed by atoms with van der Waals surface area (Å²) in [6.07, 6.45) is 5.93.